The second-order valence-electron chi connectivity index (χ2n) is 8.30. The van der Waals surface area contributed by atoms with Crippen LogP contribution in [0.2, 0.25) is 0 Å². The molecule has 0 aliphatic carbocycles. The van der Waals surface area contributed by atoms with Crippen molar-refractivity contribution in [1.82, 2.24) is 14.4 Å². The largest absolute Gasteiger partial charge is 0.345 e. The van der Waals surface area contributed by atoms with E-state index in [-0.39, 0.29) is 18.4 Å². The minimum absolute atomic E-state index is 0.0353. The van der Waals surface area contributed by atoms with Crippen molar-refractivity contribution in [2.45, 2.75) is 72.4 Å². The Hall–Kier alpha value is -2.08. The minimum atomic E-state index is 0.0353. The van der Waals surface area contributed by atoms with Gasteiger partial charge in [0.15, 0.2) is 0 Å². The third-order valence-electron chi connectivity index (χ3n) is 5.69. The number of nitrogens with zero attached hydrogens (tertiary/aromatic N) is 3. The Bertz CT molecular complexity index is 832. The fourth-order valence-electron chi connectivity index (χ4n) is 3.70. The quantitative estimate of drug-likeness (QED) is 0.303. The highest BCUT2D eigenvalue weighted by molar-refractivity contribution is 9.10. The van der Waals surface area contributed by atoms with Gasteiger partial charge in [-0.05, 0) is 42.7 Å². The van der Waals surface area contributed by atoms with E-state index in [4.69, 9.17) is 0 Å². The molecule has 1 aromatic carbocycles. The number of amides is 2. The van der Waals surface area contributed by atoms with Gasteiger partial charge in [0.1, 0.15) is 0 Å². The van der Waals surface area contributed by atoms with E-state index in [1.807, 2.05) is 30.0 Å². The van der Waals surface area contributed by atoms with Crippen molar-refractivity contribution in [3.8, 4) is 0 Å². The van der Waals surface area contributed by atoms with E-state index in [9.17, 15) is 9.59 Å². The molecule has 1 aromatic heterocycles. The minimum Gasteiger partial charge on any atom is -0.345 e. The molecule has 0 saturated carbocycles. The summed E-state index contributed by atoms with van der Waals surface area (Å²) in [4.78, 5) is 29.4. The predicted octanol–water partition coefficient (Wildman–Crippen LogP) is 5.86. The SMILES string of the molecule is CCCCCN(CC(=O)N(CCCC)Cc1cccn1Cc1ccc(Br)cc1)C(=O)CC. The molecule has 0 radical (unpaired) electrons. The van der Waals surface area contributed by atoms with Crippen LogP contribution in [0.15, 0.2) is 47.1 Å². The first-order chi connectivity index (χ1) is 15.5. The highest BCUT2D eigenvalue weighted by atomic mass is 79.9. The summed E-state index contributed by atoms with van der Waals surface area (Å²) in [7, 11) is 0. The maximum Gasteiger partial charge on any atom is 0.242 e. The zero-order valence-corrected chi connectivity index (χ0v) is 21.4. The lowest BCUT2D eigenvalue weighted by atomic mass is 10.2. The van der Waals surface area contributed by atoms with Crippen molar-refractivity contribution < 1.29 is 9.59 Å². The van der Waals surface area contributed by atoms with Crippen LogP contribution in [-0.2, 0) is 22.7 Å². The molecule has 0 aliphatic rings. The molecule has 0 atom stereocenters. The molecule has 0 unspecified atom stereocenters. The molecule has 0 bridgehead atoms. The number of rotatable bonds is 14. The van der Waals surface area contributed by atoms with Crippen LogP contribution in [0.1, 0.15) is 70.6 Å². The van der Waals surface area contributed by atoms with Gasteiger partial charge in [-0.25, -0.2) is 0 Å². The van der Waals surface area contributed by atoms with Gasteiger partial charge in [-0.2, -0.15) is 0 Å². The van der Waals surface area contributed by atoms with Crippen molar-refractivity contribution in [3.63, 3.8) is 0 Å². The van der Waals surface area contributed by atoms with E-state index in [2.05, 4.69) is 58.7 Å². The number of hydrogen-bond donors (Lipinski definition) is 0. The lowest BCUT2D eigenvalue weighted by Crippen LogP contribution is -2.43. The van der Waals surface area contributed by atoms with E-state index in [0.717, 1.165) is 48.8 Å². The molecule has 5 nitrogen and oxygen atoms in total. The Morgan fingerprint density at radius 2 is 1.56 bits per heavy atom. The number of unbranched alkanes of at least 4 members (excludes halogenated alkanes) is 3. The standard InChI is InChI=1S/C26H38BrN3O2/c1-4-7-9-17-30(25(31)6-3)21-26(32)29(16-8-5-2)20-24-11-10-18-28(24)19-22-12-14-23(27)15-13-22/h10-15,18H,4-9,16-17,19-21H2,1-3H3. The average Bonchev–Trinajstić information content (AvgIpc) is 3.23. The van der Waals surface area contributed by atoms with E-state index >= 15 is 0 Å². The Balaban J connectivity index is 2.10. The summed E-state index contributed by atoms with van der Waals surface area (Å²) in [6.07, 6.45) is 7.60. The van der Waals surface area contributed by atoms with Gasteiger partial charge in [0.05, 0.1) is 13.1 Å². The van der Waals surface area contributed by atoms with Crippen molar-refractivity contribution in [3.05, 3.63) is 58.3 Å². The summed E-state index contributed by atoms with van der Waals surface area (Å²) < 4.78 is 3.27. The Labute approximate surface area is 201 Å². The van der Waals surface area contributed by atoms with Crippen LogP contribution >= 0.6 is 15.9 Å². The number of aromatic nitrogens is 1. The highest BCUT2D eigenvalue weighted by Gasteiger charge is 2.21. The first-order valence-electron chi connectivity index (χ1n) is 11.9. The van der Waals surface area contributed by atoms with E-state index < -0.39 is 0 Å². The van der Waals surface area contributed by atoms with Crippen molar-refractivity contribution >= 4 is 27.7 Å². The van der Waals surface area contributed by atoms with Crippen LogP contribution < -0.4 is 0 Å². The molecular formula is C26H38BrN3O2. The summed E-state index contributed by atoms with van der Waals surface area (Å²) in [5, 5.41) is 0. The summed E-state index contributed by atoms with van der Waals surface area (Å²) in [6, 6.07) is 12.4. The first kappa shape index (κ1) is 26.2. The van der Waals surface area contributed by atoms with Gasteiger partial charge < -0.3 is 14.4 Å². The molecule has 6 heteroatoms. The topological polar surface area (TPSA) is 45.6 Å². The molecule has 2 rings (SSSR count). The van der Waals surface area contributed by atoms with Crippen LogP contribution in [0.3, 0.4) is 0 Å². The second kappa shape index (κ2) is 14.1. The molecule has 1 heterocycles. The lowest BCUT2D eigenvalue weighted by molar-refractivity contribution is -0.140. The lowest BCUT2D eigenvalue weighted by Gasteiger charge is -2.28. The maximum atomic E-state index is 13.3. The third-order valence-corrected chi connectivity index (χ3v) is 6.22. The van der Waals surface area contributed by atoms with Crippen LogP contribution in [0.25, 0.3) is 0 Å². The molecule has 2 amide bonds. The van der Waals surface area contributed by atoms with Gasteiger partial charge in [0.2, 0.25) is 11.8 Å². The maximum absolute atomic E-state index is 13.3. The molecule has 0 saturated heterocycles. The zero-order valence-electron chi connectivity index (χ0n) is 19.9. The summed E-state index contributed by atoms with van der Waals surface area (Å²) in [5.41, 5.74) is 2.32. The predicted molar refractivity (Wildman–Crippen MR) is 134 cm³/mol. The fraction of sp³-hybridized carbons (Fsp3) is 0.538. The van der Waals surface area contributed by atoms with Gasteiger partial charge in [0, 0.05) is 42.4 Å². The Kier molecular flexibility index (Phi) is 11.6. The van der Waals surface area contributed by atoms with E-state index in [1.165, 1.54) is 5.56 Å². The van der Waals surface area contributed by atoms with Gasteiger partial charge in [-0.1, -0.05) is 68.1 Å². The molecule has 0 fully saturated rings. The first-order valence-corrected chi connectivity index (χ1v) is 12.7. The number of benzene rings is 1. The molecule has 2 aromatic rings. The van der Waals surface area contributed by atoms with Crippen molar-refractivity contribution in [2.24, 2.45) is 0 Å². The highest BCUT2D eigenvalue weighted by Crippen LogP contribution is 2.15. The molecule has 176 valence electrons. The molecule has 0 aliphatic heterocycles. The van der Waals surface area contributed by atoms with Crippen LogP contribution in [0.4, 0.5) is 0 Å². The molecule has 0 spiro atoms. The smallest absolute Gasteiger partial charge is 0.242 e. The second-order valence-corrected chi connectivity index (χ2v) is 9.21. The number of carbonyl (C=O) groups excluding carboxylic acids is 2. The number of carbonyl (C=O) groups is 2. The van der Waals surface area contributed by atoms with E-state index in [1.54, 1.807) is 4.90 Å². The average molecular weight is 505 g/mol. The molecule has 0 N–H and O–H groups in total. The van der Waals surface area contributed by atoms with Gasteiger partial charge in [-0.3, -0.25) is 9.59 Å². The van der Waals surface area contributed by atoms with Crippen molar-refractivity contribution in [2.75, 3.05) is 19.6 Å². The Morgan fingerprint density at radius 3 is 2.22 bits per heavy atom. The van der Waals surface area contributed by atoms with Gasteiger partial charge in [0.25, 0.3) is 0 Å². The fourth-order valence-corrected chi connectivity index (χ4v) is 3.97. The summed E-state index contributed by atoms with van der Waals surface area (Å²) >= 11 is 3.49. The molecule has 32 heavy (non-hydrogen) atoms. The summed E-state index contributed by atoms with van der Waals surface area (Å²) in [5.74, 6) is 0.0941. The normalized spacial score (nSPS) is 10.9. The summed E-state index contributed by atoms with van der Waals surface area (Å²) in [6.45, 7) is 9.02. The Morgan fingerprint density at radius 1 is 0.875 bits per heavy atom. The monoisotopic (exact) mass is 503 g/mol. The third kappa shape index (κ3) is 8.45. The van der Waals surface area contributed by atoms with Gasteiger partial charge in [-0.15, -0.1) is 0 Å². The number of hydrogen-bond acceptors (Lipinski definition) is 2. The van der Waals surface area contributed by atoms with Crippen LogP contribution in [0, 0.1) is 0 Å². The van der Waals surface area contributed by atoms with Gasteiger partial charge >= 0.3 is 0 Å². The van der Waals surface area contributed by atoms with Crippen LogP contribution in [0.5, 0.6) is 0 Å². The zero-order chi connectivity index (χ0) is 23.3. The van der Waals surface area contributed by atoms with Crippen LogP contribution in [-0.4, -0.2) is 45.8 Å². The van der Waals surface area contributed by atoms with Crippen molar-refractivity contribution in [1.29, 1.82) is 0 Å². The number of halogens is 1. The van der Waals surface area contributed by atoms with E-state index in [0.29, 0.717) is 26.1 Å². The molecular weight excluding hydrogens is 466 g/mol.